The fraction of sp³-hybridized carbons (Fsp3) is 0.692. The van der Waals surface area contributed by atoms with Gasteiger partial charge in [0, 0.05) is 19.8 Å². The lowest BCUT2D eigenvalue weighted by atomic mass is 9.86. The second kappa shape index (κ2) is 5.21. The maximum atomic E-state index is 11.5. The third-order valence-corrected chi connectivity index (χ3v) is 4.26. The quantitative estimate of drug-likeness (QED) is 0.732. The lowest BCUT2D eigenvalue weighted by molar-refractivity contribution is -0.145. The summed E-state index contributed by atoms with van der Waals surface area (Å²) >= 11 is 0. The van der Waals surface area contributed by atoms with Gasteiger partial charge in [-0.3, -0.25) is 4.79 Å². The molecule has 0 aromatic heterocycles. The first kappa shape index (κ1) is 13.9. The summed E-state index contributed by atoms with van der Waals surface area (Å²) in [5.74, 6) is -0.849. The number of ether oxygens (including phenoxy) is 2. The molecule has 6 nitrogen and oxygen atoms in total. The van der Waals surface area contributed by atoms with Crippen LogP contribution in [0.2, 0.25) is 0 Å². The Kier molecular flexibility index (Phi) is 3.80. The molecule has 1 spiro atoms. The van der Waals surface area contributed by atoms with Gasteiger partial charge < -0.3 is 19.9 Å². The summed E-state index contributed by atoms with van der Waals surface area (Å²) in [5, 5.41) is 12.0. The summed E-state index contributed by atoms with van der Waals surface area (Å²) in [6.07, 6.45) is 2.93. The summed E-state index contributed by atoms with van der Waals surface area (Å²) in [7, 11) is 0. The highest BCUT2D eigenvalue weighted by atomic mass is 16.5. The number of carboxylic acids is 1. The van der Waals surface area contributed by atoms with Crippen molar-refractivity contribution in [2.45, 2.75) is 19.3 Å². The molecule has 0 aromatic carbocycles. The molecular weight excluding hydrogens is 250 g/mol. The SMILES string of the molecule is C=CCOC(=O)NCC1(C(=O)O)CC12CCOCC2. The van der Waals surface area contributed by atoms with E-state index in [0.29, 0.717) is 19.6 Å². The molecule has 2 N–H and O–H groups in total. The normalized spacial score (nSPS) is 27.6. The van der Waals surface area contributed by atoms with E-state index in [2.05, 4.69) is 11.9 Å². The van der Waals surface area contributed by atoms with Crippen molar-refractivity contribution in [1.29, 1.82) is 0 Å². The predicted molar refractivity (Wildman–Crippen MR) is 66.7 cm³/mol. The van der Waals surface area contributed by atoms with Crippen LogP contribution in [0.1, 0.15) is 19.3 Å². The molecule has 0 bridgehead atoms. The molecule has 2 rings (SSSR count). The number of nitrogens with one attached hydrogen (secondary N) is 1. The molecule has 1 aliphatic carbocycles. The lowest BCUT2D eigenvalue weighted by Gasteiger charge is -2.27. The van der Waals surface area contributed by atoms with Gasteiger partial charge >= 0.3 is 12.1 Å². The van der Waals surface area contributed by atoms with Gasteiger partial charge in [-0.15, -0.1) is 0 Å². The molecule has 1 atom stereocenters. The average Bonchev–Trinajstić information content (AvgIpc) is 3.03. The van der Waals surface area contributed by atoms with Crippen molar-refractivity contribution in [3.05, 3.63) is 12.7 Å². The van der Waals surface area contributed by atoms with Gasteiger partial charge in [-0.25, -0.2) is 4.79 Å². The fourth-order valence-electron chi connectivity index (χ4n) is 2.99. The van der Waals surface area contributed by atoms with Gasteiger partial charge in [0.2, 0.25) is 0 Å². The van der Waals surface area contributed by atoms with E-state index < -0.39 is 17.5 Å². The molecule has 0 radical (unpaired) electrons. The summed E-state index contributed by atoms with van der Waals surface area (Å²) in [5.41, 5.74) is -1.08. The first-order chi connectivity index (χ1) is 9.06. The molecule has 2 fully saturated rings. The van der Waals surface area contributed by atoms with E-state index in [1.807, 2.05) is 0 Å². The smallest absolute Gasteiger partial charge is 0.407 e. The van der Waals surface area contributed by atoms with Crippen molar-refractivity contribution in [3.63, 3.8) is 0 Å². The van der Waals surface area contributed by atoms with Gasteiger partial charge in [0.1, 0.15) is 6.61 Å². The summed E-state index contributed by atoms with van der Waals surface area (Å²) < 4.78 is 10.1. The standard InChI is InChI=1S/C13H19NO5/c1-2-5-19-11(17)14-9-13(10(15)16)8-12(13)3-6-18-7-4-12/h2H,1,3-9H2,(H,14,17)(H,15,16). The van der Waals surface area contributed by atoms with Crippen LogP contribution in [-0.2, 0) is 14.3 Å². The van der Waals surface area contributed by atoms with E-state index in [4.69, 9.17) is 9.47 Å². The molecule has 106 valence electrons. The van der Waals surface area contributed by atoms with E-state index in [0.717, 1.165) is 12.8 Å². The molecule has 19 heavy (non-hydrogen) atoms. The summed E-state index contributed by atoms with van der Waals surface area (Å²) in [6.45, 7) is 4.85. The molecule has 1 saturated heterocycles. The molecular formula is C13H19NO5. The van der Waals surface area contributed by atoms with Crippen LogP contribution in [0.15, 0.2) is 12.7 Å². The van der Waals surface area contributed by atoms with Crippen LogP contribution in [0.4, 0.5) is 4.79 Å². The Labute approximate surface area is 111 Å². The first-order valence-electron chi connectivity index (χ1n) is 6.39. The maximum absolute atomic E-state index is 11.5. The van der Waals surface area contributed by atoms with E-state index in [1.165, 1.54) is 6.08 Å². The minimum absolute atomic E-state index is 0.109. The molecule has 2 aliphatic rings. The van der Waals surface area contributed by atoms with E-state index in [-0.39, 0.29) is 18.6 Å². The Morgan fingerprint density at radius 1 is 1.42 bits per heavy atom. The Bertz CT molecular complexity index is 388. The van der Waals surface area contributed by atoms with Crippen LogP contribution >= 0.6 is 0 Å². The van der Waals surface area contributed by atoms with Gasteiger partial charge in [0.25, 0.3) is 0 Å². The Hall–Kier alpha value is -1.56. The van der Waals surface area contributed by atoms with Crippen molar-refractivity contribution in [3.8, 4) is 0 Å². The molecule has 0 aromatic rings. The second-order valence-electron chi connectivity index (χ2n) is 5.20. The van der Waals surface area contributed by atoms with Crippen LogP contribution < -0.4 is 5.32 Å². The third kappa shape index (κ3) is 2.45. The number of alkyl carbamates (subject to hydrolysis) is 1. The van der Waals surface area contributed by atoms with Crippen LogP contribution in [0.5, 0.6) is 0 Å². The third-order valence-electron chi connectivity index (χ3n) is 4.26. The highest BCUT2D eigenvalue weighted by Gasteiger charge is 2.71. The number of hydrogen-bond acceptors (Lipinski definition) is 4. The number of carboxylic acid groups (broad SMARTS) is 1. The Morgan fingerprint density at radius 3 is 2.68 bits per heavy atom. The number of rotatable bonds is 5. The number of carbonyl (C=O) groups excluding carboxylic acids is 1. The zero-order chi connectivity index (χ0) is 13.9. The Morgan fingerprint density at radius 2 is 2.11 bits per heavy atom. The molecule has 1 heterocycles. The fourth-order valence-corrected chi connectivity index (χ4v) is 2.99. The zero-order valence-corrected chi connectivity index (χ0v) is 10.8. The number of aliphatic carboxylic acids is 1. The minimum atomic E-state index is -0.857. The van der Waals surface area contributed by atoms with E-state index in [9.17, 15) is 14.7 Å². The van der Waals surface area contributed by atoms with E-state index >= 15 is 0 Å². The molecule has 6 heteroatoms. The minimum Gasteiger partial charge on any atom is -0.481 e. The van der Waals surface area contributed by atoms with Crippen molar-refractivity contribution in [2.24, 2.45) is 10.8 Å². The van der Waals surface area contributed by atoms with Gasteiger partial charge in [0.15, 0.2) is 0 Å². The predicted octanol–water partition coefficient (Wildman–Crippen LogP) is 1.17. The number of carbonyl (C=O) groups is 2. The van der Waals surface area contributed by atoms with Gasteiger partial charge in [-0.05, 0) is 24.7 Å². The number of hydrogen-bond donors (Lipinski definition) is 2. The van der Waals surface area contributed by atoms with Crippen molar-refractivity contribution >= 4 is 12.1 Å². The van der Waals surface area contributed by atoms with Crippen LogP contribution in [0.3, 0.4) is 0 Å². The van der Waals surface area contributed by atoms with Gasteiger partial charge in [0.05, 0.1) is 5.41 Å². The second-order valence-corrected chi connectivity index (χ2v) is 5.20. The molecule has 1 saturated carbocycles. The molecule has 1 amide bonds. The highest BCUT2D eigenvalue weighted by molar-refractivity contribution is 5.81. The summed E-state index contributed by atoms with van der Waals surface area (Å²) in [4.78, 5) is 22.9. The van der Waals surface area contributed by atoms with Gasteiger partial charge in [-0.1, -0.05) is 12.7 Å². The van der Waals surface area contributed by atoms with Crippen LogP contribution in [-0.4, -0.2) is 43.5 Å². The lowest BCUT2D eigenvalue weighted by Crippen LogP contribution is -2.39. The number of amides is 1. The topological polar surface area (TPSA) is 84.9 Å². The molecule has 1 aliphatic heterocycles. The van der Waals surface area contributed by atoms with Crippen LogP contribution in [0.25, 0.3) is 0 Å². The summed E-state index contributed by atoms with van der Waals surface area (Å²) in [6, 6.07) is 0. The maximum Gasteiger partial charge on any atom is 0.407 e. The zero-order valence-electron chi connectivity index (χ0n) is 10.8. The first-order valence-corrected chi connectivity index (χ1v) is 6.39. The monoisotopic (exact) mass is 269 g/mol. The van der Waals surface area contributed by atoms with Crippen molar-refractivity contribution in [2.75, 3.05) is 26.4 Å². The Balaban J connectivity index is 1.93. The average molecular weight is 269 g/mol. The molecule has 1 unspecified atom stereocenters. The highest BCUT2D eigenvalue weighted by Crippen LogP contribution is 2.68. The van der Waals surface area contributed by atoms with E-state index in [1.54, 1.807) is 0 Å². The van der Waals surface area contributed by atoms with Crippen molar-refractivity contribution in [1.82, 2.24) is 5.32 Å². The van der Waals surface area contributed by atoms with Crippen LogP contribution in [0, 0.1) is 10.8 Å². The largest absolute Gasteiger partial charge is 0.481 e. The van der Waals surface area contributed by atoms with Gasteiger partial charge in [-0.2, -0.15) is 0 Å². The van der Waals surface area contributed by atoms with Crippen molar-refractivity contribution < 1.29 is 24.2 Å².